The maximum absolute atomic E-state index is 11.5. The molecule has 0 aliphatic carbocycles. The van der Waals surface area contributed by atoms with Crippen LogP contribution in [-0.4, -0.2) is 36.5 Å². The molecule has 2 aliphatic rings. The van der Waals surface area contributed by atoms with Crippen LogP contribution >= 0.6 is 0 Å². The van der Waals surface area contributed by atoms with Crippen LogP contribution in [0.3, 0.4) is 0 Å². The number of piperidine rings is 1. The third-order valence-corrected chi connectivity index (χ3v) is 2.94. The number of hydrogen-bond acceptors (Lipinski definition) is 2. The molecule has 1 N–H and O–H groups in total. The number of nitrogens with zero attached hydrogens (tertiary/aromatic N) is 1. The Morgan fingerprint density at radius 3 is 3.08 bits per heavy atom. The summed E-state index contributed by atoms with van der Waals surface area (Å²) in [6.45, 7) is 5.04. The van der Waals surface area contributed by atoms with Gasteiger partial charge in [0.25, 0.3) is 0 Å². The Balaban J connectivity index is 2.04. The van der Waals surface area contributed by atoms with Crippen molar-refractivity contribution < 1.29 is 4.79 Å². The summed E-state index contributed by atoms with van der Waals surface area (Å²) in [6, 6.07) is 0.496. The Kier molecular flexibility index (Phi) is 2.05. The maximum Gasteiger partial charge on any atom is 0.222 e. The van der Waals surface area contributed by atoms with Crippen LogP contribution in [0.15, 0.2) is 0 Å². The first kappa shape index (κ1) is 8.05. The average Bonchev–Trinajstić information content (AvgIpc) is 2.40. The van der Waals surface area contributed by atoms with E-state index in [4.69, 9.17) is 0 Å². The molecule has 68 valence electrons. The predicted molar refractivity (Wildman–Crippen MR) is 46.8 cm³/mol. The molecular weight excluding hydrogens is 152 g/mol. The van der Waals surface area contributed by atoms with Gasteiger partial charge in [0.1, 0.15) is 0 Å². The van der Waals surface area contributed by atoms with Crippen molar-refractivity contribution in [2.45, 2.75) is 25.8 Å². The lowest BCUT2D eigenvalue weighted by atomic mass is 10.0. The Morgan fingerprint density at radius 2 is 2.42 bits per heavy atom. The number of hydrogen-bond donors (Lipinski definition) is 1. The van der Waals surface area contributed by atoms with Crippen LogP contribution in [0.2, 0.25) is 0 Å². The summed E-state index contributed by atoms with van der Waals surface area (Å²) < 4.78 is 0. The molecule has 2 bridgehead atoms. The van der Waals surface area contributed by atoms with E-state index in [1.54, 1.807) is 0 Å². The fraction of sp³-hybridized carbons (Fsp3) is 0.889. The highest BCUT2D eigenvalue weighted by atomic mass is 16.2. The van der Waals surface area contributed by atoms with Crippen LogP contribution < -0.4 is 5.32 Å². The summed E-state index contributed by atoms with van der Waals surface area (Å²) in [5.41, 5.74) is 0. The zero-order chi connectivity index (χ0) is 8.55. The minimum absolute atomic E-state index is 0.325. The maximum atomic E-state index is 11.5. The number of nitrogens with one attached hydrogen (secondary N) is 1. The highest BCUT2D eigenvalue weighted by Gasteiger charge is 2.36. The first-order chi connectivity index (χ1) is 5.81. The van der Waals surface area contributed by atoms with Crippen molar-refractivity contribution in [3.63, 3.8) is 0 Å². The normalized spacial score (nSPS) is 33.9. The van der Waals surface area contributed by atoms with Crippen molar-refractivity contribution >= 4 is 5.91 Å². The number of likely N-dealkylation sites (tertiary alicyclic amines) is 1. The van der Waals surface area contributed by atoms with Crippen LogP contribution in [0, 0.1) is 5.92 Å². The molecule has 2 atom stereocenters. The van der Waals surface area contributed by atoms with Gasteiger partial charge >= 0.3 is 0 Å². The van der Waals surface area contributed by atoms with Gasteiger partial charge in [-0.25, -0.2) is 0 Å². The van der Waals surface area contributed by atoms with Gasteiger partial charge in [-0.1, -0.05) is 6.92 Å². The molecule has 2 saturated heterocycles. The second kappa shape index (κ2) is 3.05. The van der Waals surface area contributed by atoms with Crippen LogP contribution in [0.4, 0.5) is 0 Å². The molecule has 2 rings (SSSR count). The van der Waals surface area contributed by atoms with E-state index in [-0.39, 0.29) is 0 Å². The van der Waals surface area contributed by atoms with Crippen molar-refractivity contribution in [1.29, 1.82) is 0 Å². The largest absolute Gasteiger partial charge is 0.338 e. The first-order valence-electron chi connectivity index (χ1n) is 4.81. The van der Waals surface area contributed by atoms with Gasteiger partial charge in [-0.05, 0) is 18.9 Å². The minimum atomic E-state index is 0.325. The lowest BCUT2D eigenvalue weighted by Gasteiger charge is -2.24. The van der Waals surface area contributed by atoms with Gasteiger partial charge in [0, 0.05) is 25.6 Å². The monoisotopic (exact) mass is 168 g/mol. The second-order valence-corrected chi connectivity index (χ2v) is 3.81. The highest BCUT2D eigenvalue weighted by molar-refractivity contribution is 5.76. The molecule has 0 saturated carbocycles. The zero-order valence-corrected chi connectivity index (χ0v) is 7.55. The van der Waals surface area contributed by atoms with Crippen LogP contribution in [0.25, 0.3) is 0 Å². The van der Waals surface area contributed by atoms with Crippen molar-refractivity contribution in [3.05, 3.63) is 0 Å². The molecule has 2 fully saturated rings. The molecule has 3 heteroatoms. The molecule has 0 aromatic rings. The standard InChI is InChI=1S/C9H16N2O/c1-2-9(12)11-6-7-3-8(11)5-10-4-7/h7-8,10H,2-6H2,1H3/t7-,8+/m0/s1. The van der Waals surface area contributed by atoms with E-state index in [1.807, 2.05) is 6.92 Å². The van der Waals surface area contributed by atoms with Crippen LogP contribution in [0.1, 0.15) is 19.8 Å². The summed E-state index contributed by atoms with van der Waals surface area (Å²) in [6.07, 6.45) is 1.88. The molecule has 2 aliphatic heterocycles. The van der Waals surface area contributed by atoms with Crippen LogP contribution in [-0.2, 0) is 4.79 Å². The molecule has 0 aromatic carbocycles. The third kappa shape index (κ3) is 1.22. The Labute approximate surface area is 73.1 Å². The predicted octanol–water partition coefficient (Wildman–Crippen LogP) is 0.217. The molecular formula is C9H16N2O. The Bertz CT molecular complexity index is 193. The van der Waals surface area contributed by atoms with E-state index in [2.05, 4.69) is 10.2 Å². The number of carbonyl (C=O) groups is 1. The fourth-order valence-electron chi connectivity index (χ4n) is 2.32. The number of rotatable bonds is 1. The molecule has 0 aromatic heterocycles. The summed E-state index contributed by atoms with van der Waals surface area (Å²) in [5, 5.41) is 3.36. The molecule has 3 nitrogen and oxygen atoms in total. The van der Waals surface area contributed by atoms with Crippen molar-refractivity contribution in [3.8, 4) is 0 Å². The van der Waals surface area contributed by atoms with E-state index >= 15 is 0 Å². The summed E-state index contributed by atoms with van der Waals surface area (Å²) in [4.78, 5) is 13.5. The van der Waals surface area contributed by atoms with Gasteiger partial charge in [0.05, 0.1) is 0 Å². The first-order valence-corrected chi connectivity index (χ1v) is 4.81. The van der Waals surface area contributed by atoms with Gasteiger partial charge in [0.15, 0.2) is 0 Å². The molecule has 0 unspecified atom stereocenters. The summed E-state index contributed by atoms with van der Waals surface area (Å²) in [5.74, 6) is 1.05. The highest BCUT2D eigenvalue weighted by Crippen LogP contribution is 2.25. The van der Waals surface area contributed by atoms with Crippen molar-refractivity contribution in [2.24, 2.45) is 5.92 Å². The SMILES string of the molecule is CCC(=O)N1C[C@@H]2CNC[C@H]1C2. The van der Waals surface area contributed by atoms with E-state index in [9.17, 15) is 4.79 Å². The third-order valence-electron chi connectivity index (χ3n) is 2.94. The molecule has 2 heterocycles. The quantitative estimate of drug-likeness (QED) is 0.607. The summed E-state index contributed by atoms with van der Waals surface area (Å²) in [7, 11) is 0. The van der Waals surface area contributed by atoms with E-state index in [0.29, 0.717) is 18.4 Å². The van der Waals surface area contributed by atoms with Gasteiger partial charge < -0.3 is 10.2 Å². The van der Waals surface area contributed by atoms with Gasteiger partial charge in [-0.15, -0.1) is 0 Å². The molecule has 1 amide bonds. The lowest BCUT2D eigenvalue weighted by molar-refractivity contribution is -0.131. The van der Waals surface area contributed by atoms with E-state index < -0.39 is 0 Å². The van der Waals surface area contributed by atoms with Crippen molar-refractivity contribution in [2.75, 3.05) is 19.6 Å². The van der Waals surface area contributed by atoms with Gasteiger partial charge in [-0.2, -0.15) is 0 Å². The van der Waals surface area contributed by atoms with E-state index in [1.165, 1.54) is 6.42 Å². The second-order valence-electron chi connectivity index (χ2n) is 3.81. The number of amides is 1. The lowest BCUT2D eigenvalue weighted by Crippen LogP contribution is -2.41. The topological polar surface area (TPSA) is 32.3 Å². The van der Waals surface area contributed by atoms with Crippen molar-refractivity contribution in [1.82, 2.24) is 10.2 Å². The number of fused-ring (bicyclic) bond motifs is 2. The van der Waals surface area contributed by atoms with E-state index in [0.717, 1.165) is 25.6 Å². The minimum Gasteiger partial charge on any atom is -0.338 e. The molecule has 12 heavy (non-hydrogen) atoms. The fourth-order valence-corrected chi connectivity index (χ4v) is 2.32. The van der Waals surface area contributed by atoms with Gasteiger partial charge in [-0.3, -0.25) is 4.79 Å². The van der Waals surface area contributed by atoms with Crippen LogP contribution in [0.5, 0.6) is 0 Å². The molecule has 0 spiro atoms. The average molecular weight is 168 g/mol. The molecule has 0 radical (unpaired) electrons. The smallest absolute Gasteiger partial charge is 0.222 e. The van der Waals surface area contributed by atoms with Gasteiger partial charge in [0.2, 0.25) is 5.91 Å². The zero-order valence-electron chi connectivity index (χ0n) is 7.55. The summed E-state index contributed by atoms with van der Waals surface area (Å²) >= 11 is 0. The Hall–Kier alpha value is -0.570. The Morgan fingerprint density at radius 1 is 1.58 bits per heavy atom. The number of carbonyl (C=O) groups excluding carboxylic acids is 1.